The molecule has 1 saturated heterocycles. The molecule has 3 aromatic rings. The molecule has 13 heteroatoms. The lowest BCUT2D eigenvalue weighted by atomic mass is 9.85. The topological polar surface area (TPSA) is 145 Å². The van der Waals surface area contributed by atoms with E-state index in [-0.39, 0.29) is 47.7 Å². The summed E-state index contributed by atoms with van der Waals surface area (Å²) < 4.78 is 36.5. The van der Waals surface area contributed by atoms with Gasteiger partial charge in [-0.1, -0.05) is 19.9 Å². The Kier molecular flexibility index (Phi) is 11.4. The second-order valence-corrected chi connectivity index (χ2v) is 15.4. The number of ether oxygens (including phenoxy) is 2. The summed E-state index contributed by atoms with van der Waals surface area (Å²) in [5, 5.41) is 7.44. The Balaban J connectivity index is 1.11. The van der Waals surface area contributed by atoms with E-state index in [0.29, 0.717) is 50.7 Å². The van der Waals surface area contributed by atoms with Crippen LogP contribution in [0.1, 0.15) is 58.8 Å². The highest BCUT2D eigenvalue weighted by atomic mass is 32.2. The van der Waals surface area contributed by atoms with Gasteiger partial charge in [-0.05, 0) is 69.3 Å². The van der Waals surface area contributed by atoms with Crippen LogP contribution in [0, 0.1) is 11.8 Å². The van der Waals surface area contributed by atoms with Gasteiger partial charge in [0.1, 0.15) is 33.6 Å². The molecule has 47 heavy (non-hydrogen) atoms. The van der Waals surface area contributed by atoms with E-state index in [2.05, 4.69) is 15.6 Å². The van der Waals surface area contributed by atoms with Gasteiger partial charge in [0.2, 0.25) is 11.9 Å². The van der Waals surface area contributed by atoms with Crippen LogP contribution in [0.4, 0.5) is 5.95 Å². The van der Waals surface area contributed by atoms with Crippen molar-refractivity contribution in [2.24, 2.45) is 11.8 Å². The van der Waals surface area contributed by atoms with Crippen molar-refractivity contribution < 1.29 is 27.5 Å². The number of hydrogen-bond donors (Lipinski definition) is 2. The van der Waals surface area contributed by atoms with Crippen molar-refractivity contribution in [2.45, 2.75) is 77.0 Å². The highest BCUT2D eigenvalue weighted by Crippen LogP contribution is 2.31. The van der Waals surface area contributed by atoms with E-state index >= 15 is 0 Å². The van der Waals surface area contributed by atoms with Crippen LogP contribution in [-0.2, 0) is 24.2 Å². The van der Waals surface area contributed by atoms with Crippen molar-refractivity contribution in [3.8, 4) is 11.6 Å². The second-order valence-electron chi connectivity index (χ2n) is 13.1. The summed E-state index contributed by atoms with van der Waals surface area (Å²) in [6, 6.07) is 9.47. The molecule has 2 aromatic heterocycles. The van der Waals surface area contributed by atoms with Gasteiger partial charge in [0.05, 0.1) is 17.9 Å². The van der Waals surface area contributed by atoms with Crippen LogP contribution in [0.25, 0.3) is 16.7 Å². The lowest BCUT2D eigenvalue weighted by Crippen LogP contribution is -2.47. The summed E-state index contributed by atoms with van der Waals surface area (Å²) in [5.74, 6) is 2.20. The normalized spacial score (nSPS) is 19.9. The van der Waals surface area contributed by atoms with Crippen molar-refractivity contribution >= 4 is 38.6 Å². The number of benzene rings is 1. The number of fused-ring (bicyclic) bond motifs is 1. The summed E-state index contributed by atoms with van der Waals surface area (Å²) in [6.45, 7) is 5.54. The number of nitrogens with zero attached hydrogens (tertiary/aromatic N) is 4. The number of nitrogens with one attached hydrogen (secondary N) is 2. The van der Waals surface area contributed by atoms with Crippen molar-refractivity contribution in [1.82, 2.24) is 24.8 Å². The zero-order valence-corrected chi connectivity index (χ0v) is 28.7. The number of carbonyl (C=O) groups excluding carboxylic acids is 2. The molecule has 2 aliphatic rings. The molecule has 2 fully saturated rings. The predicted octanol–water partition coefficient (Wildman–Crippen LogP) is 3.98. The van der Waals surface area contributed by atoms with E-state index in [1.807, 2.05) is 59.8 Å². The van der Waals surface area contributed by atoms with Crippen molar-refractivity contribution in [3.63, 3.8) is 0 Å². The first-order chi connectivity index (χ1) is 22.5. The van der Waals surface area contributed by atoms with Crippen LogP contribution in [0.2, 0.25) is 0 Å². The van der Waals surface area contributed by atoms with Gasteiger partial charge >= 0.3 is 5.97 Å². The van der Waals surface area contributed by atoms with Crippen LogP contribution in [0.5, 0.6) is 5.75 Å². The Bertz CT molecular complexity index is 1630. The molecule has 1 aliphatic carbocycles. The number of carbonyl (C=O) groups is 2. The van der Waals surface area contributed by atoms with Gasteiger partial charge in [-0.25, -0.2) is 13.4 Å². The minimum absolute atomic E-state index is 0.00282. The number of amides is 1. The zero-order valence-electron chi connectivity index (χ0n) is 27.9. The Morgan fingerprint density at radius 2 is 1.79 bits per heavy atom. The first-order valence-corrected chi connectivity index (χ1v) is 18.8. The number of esters is 1. The fourth-order valence-corrected chi connectivity index (χ4v) is 7.24. The number of likely N-dealkylation sites (tertiary alicyclic amines) is 1. The van der Waals surface area contributed by atoms with Crippen LogP contribution >= 0.6 is 0 Å². The van der Waals surface area contributed by atoms with E-state index in [9.17, 15) is 18.0 Å². The molecule has 1 amide bonds. The highest BCUT2D eigenvalue weighted by molar-refractivity contribution is 7.90. The largest absolute Gasteiger partial charge is 0.493 e. The summed E-state index contributed by atoms with van der Waals surface area (Å²) in [6.07, 6.45) is 9.85. The monoisotopic (exact) mass is 668 g/mol. The molecule has 12 nitrogen and oxygen atoms in total. The molecular weight excluding hydrogens is 620 g/mol. The van der Waals surface area contributed by atoms with E-state index in [1.54, 1.807) is 13.2 Å². The summed E-state index contributed by atoms with van der Waals surface area (Å²) in [7, 11) is -1.25. The van der Waals surface area contributed by atoms with Crippen molar-refractivity contribution in [1.29, 1.82) is 0 Å². The quantitative estimate of drug-likeness (QED) is 0.203. The third kappa shape index (κ3) is 9.01. The molecule has 1 unspecified atom stereocenters. The van der Waals surface area contributed by atoms with Crippen molar-refractivity contribution in [2.75, 3.05) is 44.1 Å². The van der Waals surface area contributed by atoms with E-state index in [1.165, 1.54) is 6.26 Å². The maximum atomic E-state index is 13.3. The molecule has 0 spiro atoms. The third-order valence-electron chi connectivity index (χ3n) is 9.18. The number of likely N-dealkylation sites (N-methyl/N-ethyl adjacent to an activating group) is 1. The molecular formula is C34H48N6O6S. The smallest absolute Gasteiger partial charge is 0.323 e. The lowest BCUT2D eigenvalue weighted by molar-refractivity contribution is -0.156. The average Bonchev–Trinajstić information content (AvgIpc) is 3.48. The molecule has 1 aliphatic heterocycles. The number of anilines is 1. The minimum Gasteiger partial charge on any atom is -0.493 e. The first-order valence-electron chi connectivity index (χ1n) is 16.7. The molecule has 1 aromatic carbocycles. The van der Waals surface area contributed by atoms with Crippen molar-refractivity contribution in [3.05, 3.63) is 42.7 Å². The molecule has 3 heterocycles. The average molecular weight is 669 g/mol. The molecule has 5 rings (SSSR count). The van der Waals surface area contributed by atoms with Gasteiger partial charge < -0.3 is 29.6 Å². The Morgan fingerprint density at radius 3 is 2.47 bits per heavy atom. The fraction of sp³-hybridized carbons (Fsp3) is 0.588. The predicted molar refractivity (Wildman–Crippen MR) is 181 cm³/mol. The Hall–Kier alpha value is -3.71. The molecule has 2 N–H and O–H groups in total. The molecule has 0 radical (unpaired) electrons. The maximum absolute atomic E-state index is 13.3. The number of hydrogen-bond acceptors (Lipinski definition) is 10. The fourth-order valence-electron chi connectivity index (χ4n) is 6.60. The van der Waals surface area contributed by atoms with Gasteiger partial charge in [0.15, 0.2) is 0 Å². The maximum Gasteiger partial charge on any atom is 0.323 e. The van der Waals surface area contributed by atoms with E-state index < -0.39 is 9.84 Å². The molecule has 1 saturated carbocycles. The first kappa shape index (κ1) is 34.6. The van der Waals surface area contributed by atoms with Gasteiger partial charge in [-0.3, -0.25) is 9.59 Å². The Labute approximate surface area is 277 Å². The number of sulfone groups is 1. The lowest BCUT2D eigenvalue weighted by Gasteiger charge is -2.36. The standard InChI is InChI=1S/C34H48N6O6S/c1-23(2)31(35-3)33(42)46-26-14-18-39(19-15-26)32(41)24-9-11-25(12-10-24)37-34-36-17-13-30(38-34)40-20-16-27-28(40)7-5-8-29(27)45-21-6-22-47(4,43)44/h5,7-8,13,16-17,20,23-26,31,35H,6,9-12,14-15,18-19,21-22H2,1-4H3,(H,36,37,38). The molecule has 0 bridgehead atoms. The summed E-state index contributed by atoms with van der Waals surface area (Å²) >= 11 is 0. The minimum atomic E-state index is -3.02. The molecule has 256 valence electrons. The Morgan fingerprint density at radius 1 is 1.04 bits per heavy atom. The molecule has 1 atom stereocenters. The van der Waals surface area contributed by atoms with Crippen LogP contribution in [-0.4, -0.2) is 96.7 Å². The summed E-state index contributed by atoms with van der Waals surface area (Å²) in [4.78, 5) is 37.1. The summed E-state index contributed by atoms with van der Waals surface area (Å²) in [5.41, 5.74) is 0.925. The SMILES string of the molecule is CNC(C(=O)OC1CCN(C(=O)C2CCC(Nc3nccc(-n4ccc5c(OCCCS(C)(=O)=O)cccc54)n3)CC2)CC1)C(C)C. The number of aromatic nitrogens is 3. The van der Waals surface area contributed by atoms with E-state index in [4.69, 9.17) is 14.5 Å². The van der Waals surface area contributed by atoms with Crippen LogP contribution < -0.4 is 15.4 Å². The second kappa shape index (κ2) is 15.5. The number of rotatable bonds is 13. The number of piperidine rings is 1. The van der Waals surface area contributed by atoms with Crippen LogP contribution in [0.15, 0.2) is 42.7 Å². The zero-order chi connectivity index (χ0) is 33.6. The van der Waals surface area contributed by atoms with Crippen LogP contribution in [0.3, 0.4) is 0 Å². The third-order valence-corrected chi connectivity index (χ3v) is 10.2. The highest BCUT2D eigenvalue weighted by Gasteiger charge is 2.33. The van der Waals surface area contributed by atoms with Gasteiger partial charge in [-0.15, -0.1) is 0 Å². The van der Waals surface area contributed by atoms with Gasteiger partial charge in [0, 0.05) is 61.9 Å². The van der Waals surface area contributed by atoms with Gasteiger partial charge in [0.25, 0.3) is 0 Å². The van der Waals surface area contributed by atoms with Gasteiger partial charge in [-0.2, -0.15) is 4.98 Å². The van der Waals surface area contributed by atoms with E-state index in [0.717, 1.165) is 42.4 Å².